The number of nitrogens with one attached hydrogen (secondary N) is 1. The molecule has 4 rings (SSSR count). The van der Waals surface area contributed by atoms with Crippen LogP contribution in [0.2, 0.25) is 0 Å². The van der Waals surface area contributed by atoms with E-state index in [0.717, 1.165) is 29.8 Å². The minimum Gasteiger partial charge on any atom is -0.322 e. The number of carbonyl (C=O) groups is 2. The van der Waals surface area contributed by atoms with Crippen LogP contribution in [-0.2, 0) is 11.8 Å². The van der Waals surface area contributed by atoms with Gasteiger partial charge in [-0.1, -0.05) is 12.1 Å². The largest absolute Gasteiger partial charge is 0.322 e. The summed E-state index contributed by atoms with van der Waals surface area (Å²) in [6.07, 6.45) is 1.48. The van der Waals surface area contributed by atoms with Crippen molar-refractivity contribution in [3.63, 3.8) is 0 Å². The van der Waals surface area contributed by atoms with Gasteiger partial charge in [0, 0.05) is 35.5 Å². The number of amides is 2. The highest BCUT2D eigenvalue weighted by atomic mass is 16.2. The number of aromatic nitrogens is 4. The Bertz CT molecular complexity index is 1040. The maximum absolute atomic E-state index is 12.5. The van der Waals surface area contributed by atoms with Crippen molar-refractivity contribution in [3.05, 3.63) is 53.6 Å². The second-order valence-electron chi connectivity index (χ2n) is 6.78. The fraction of sp³-hybridized carbons (Fsp3) is 0.250. The van der Waals surface area contributed by atoms with Gasteiger partial charge < -0.3 is 10.2 Å². The van der Waals surface area contributed by atoms with E-state index in [4.69, 9.17) is 0 Å². The Morgan fingerprint density at radius 3 is 2.54 bits per heavy atom. The standard InChI is InChI=1S/C20H20N6O2/c1-13-12-16(9-10-17(13)26-11-3-4-18(26)27)21-20(28)15-7-5-14(6-8-15)19-22-24-25(2)23-19/h5-10,12H,3-4,11H2,1-2H3,(H,21,28). The third kappa shape index (κ3) is 3.48. The number of rotatable bonds is 4. The zero-order chi connectivity index (χ0) is 19.7. The molecule has 1 N–H and O–H groups in total. The van der Waals surface area contributed by atoms with Crippen LogP contribution in [0.4, 0.5) is 11.4 Å². The molecule has 3 aromatic rings. The summed E-state index contributed by atoms with van der Waals surface area (Å²) in [6.45, 7) is 2.69. The van der Waals surface area contributed by atoms with Crippen molar-refractivity contribution in [2.75, 3.05) is 16.8 Å². The van der Waals surface area contributed by atoms with Crippen LogP contribution in [0.3, 0.4) is 0 Å². The molecular formula is C20H20N6O2. The molecule has 142 valence electrons. The third-order valence-electron chi connectivity index (χ3n) is 4.73. The van der Waals surface area contributed by atoms with Crippen LogP contribution in [0.1, 0.15) is 28.8 Å². The zero-order valence-corrected chi connectivity index (χ0v) is 15.7. The van der Waals surface area contributed by atoms with Gasteiger partial charge in [-0.2, -0.15) is 4.80 Å². The number of benzene rings is 2. The summed E-state index contributed by atoms with van der Waals surface area (Å²) in [5.74, 6) is 0.456. The molecule has 2 heterocycles. The number of hydrogen-bond acceptors (Lipinski definition) is 5. The Kier molecular flexibility index (Phi) is 4.60. The normalized spacial score (nSPS) is 13.8. The molecule has 0 radical (unpaired) electrons. The number of anilines is 2. The van der Waals surface area contributed by atoms with Gasteiger partial charge in [-0.15, -0.1) is 10.2 Å². The van der Waals surface area contributed by atoms with Crippen molar-refractivity contribution in [3.8, 4) is 11.4 Å². The first kappa shape index (κ1) is 17.8. The molecule has 0 unspecified atom stereocenters. The van der Waals surface area contributed by atoms with Crippen molar-refractivity contribution < 1.29 is 9.59 Å². The smallest absolute Gasteiger partial charge is 0.255 e. The number of nitrogens with zero attached hydrogens (tertiary/aromatic N) is 5. The van der Waals surface area contributed by atoms with E-state index in [2.05, 4.69) is 20.7 Å². The van der Waals surface area contributed by atoms with Crippen molar-refractivity contribution in [1.82, 2.24) is 20.2 Å². The number of tetrazole rings is 1. The van der Waals surface area contributed by atoms with Gasteiger partial charge in [0.25, 0.3) is 5.91 Å². The van der Waals surface area contributed by atoms with Crippen LogP contribution in [0.25, 0.3) is 11.4 Å². The Hall–Kier alpha value is -3.55. The van der Waals surface area contributed by atoms with E-state index in [1.165, 1.54) is 4.80 Å². The van der Waals surface area contributed by atoms with E-state index in [9.17, 15) is 9.59 Å². The number of hydrogen-bond donors (Lipinski definition) is 1. The fourth-order valence-corrected chi connectivity index (χ4v) is 3.31. The molecule has 0 saturated carbocycles. The summed E-state index contributed by atoms with van der Waals surface area (Å²) in [5.41, 5.74) is 3.88. The first-order valence-corrected chi connectivity index (χ1v) is 9.08. The first-order valence-electron chi connectivity index (χ1n) is 9.08. The number of aryl methyl sites for hydroxylation is 2. The van der Waals surface area contributed by atoms with E-state index < -0.39 is 0 Å². The van der Waals surface area contributed by atoms with E-state index in [1.807, 2.05) is 25.1 Å². The predicted molar refractivity (Wildman–Crippen MR) is 105 cm³/mol. The Morgan fingerprint density at radius 1 is 1.14 bits per heavy atom. The van der Waals surface area contributed by atoms with E-state index >= 15 is 0 Å². The van der Waals surface area contributed by atoms with Crippen molar-refractivity contribution in [2.45, 2.75) is 19.8 Å². The molecule has 0 bridgehead atoms. The lowest BCUT2D eigenvalue weighted by molar-refractivity contribution is -0.117. The summed E-state index contributed by atoms with van der Waals surface area (Å²) in [7, 11) is 1.70. The molecule has 2 amide bonds. The lowest BCUT2D eigenvalue weighted by Gasteiger charge is -2.19. The van der Waals surface area contributed by atoms with Gasteiger partial charge in [-0.25, -0.2) is 0 Å². The third-order valence-corrected chi connectivity index (χ3v) is 4.73. The molecule has 8 heteroatoms. The highest BCUT2D eigenvalue weighted by molar-refractivity contribution is 6.05. The lowest BCUT2D eigenvalue weighted by atomic mass is 10.1. The summed E-state index contributed by atoms with van der Waals surface area (Å²) in [4.78, 5) is 27.7. The minimum absolute atomic E-state index is 0.151. The predicted octanol–water partition coefficient (Wildman–Crippen LogP) is 2.56. The van der Waals surface area contributed by atoms with Crippen LogP contribution in [0, 0.1) is 6.92 Å². The molecule has 0 atom stereocenters. The van der Waals surface area contributed by atoms with Crippen molar-refractivity contribution in [1.29, 1.82) is 0 Å². The van der Waals surface area contributed by atoms with E-state index in [-0.39, 0.29) is 11.8 Å². The Labute approximate surface area is 162 Å². The molecule has 1 aliphatic rings. The lowest BCUT2D eigenvalue weighted by Crippen LogP contribution is -2.24. The average Bonchev–Trinajstić information content (AvgIpc) is 3.30. The van der Waals surface area contributed by atoms with Crippen molar-refractivity contribution >= 4 is 23.2 Å². The van der Waals surface area contributed by atoms with Gasteiger partial charge >= 0.3 is 0 Å². The monoisotopic (exact) mass is 376 g/mol. The molecule has 1 aliphatic heterocycles. The minimum atomic E-state index is -0.206. The maximum atomic E-state index is 12.5. The van der Waals surface area contributed by atoms with Crippen LogP contribution >= 0.6 is 0 Å². The van der Waals surface area contributed by atoms with Gasteiger partial charge in [0.05, 0.1) is 7.05 Å². The second kappa shape index (κ2) is 7.22. The summed E-state index contributed by atoms with van der Waals surface area (Å²) < 4.78 is 0. The average molecular weight is 376 g/mol. The second-order valence-corrected chi connectivity index (χ2v) is 6.78. The zero-order valence-electron chi connectivity index (χ0n) is 15.7. The van der Waals surface area contributed by atoms with Crippen LogP contribution in [-0.4, -0.2) is 38.6 Å². The topological polar surface area (TPSA) is 93.0 Å². The van der Waals surface area contributed by atoms with E-state index in [1.54, 1.807) is 36.2 Å². The Morgan fingerprint density at radius 2 is 1.93 bits per heavy atom. The molecule has 1 aromatic heterocycles. The molecule has 2 aromatic carbocycles. The summed E-state index contributed by atoms with van der Waals surface area (Å²) in [5, 5.41) is 14.8. The molecule has 1 fully saturated rings. The fourth-order valence-electron chi connectivity index (χ4n) is 3.31. The molecule has 8 nitrogen and oxygen atoms in total. The van der Waals surface area contributed by atoms with Gasteiger partial charge in [-0.05, 0) is 54.5 Å². The highest BCUT2D eigenvalue weighted by Crippen LogP contribution is 2.27. The van der Waals surface area contributed by atoms with Gasteiger partial charge in [-0.3, -0.25) is 9.59 Å². The van der Waals surface area contributed by atoms with Crippen LogP contribution in [0.15, 0.2) is 42.5 Å². The molecule has 1 saturated heterocycles. The van der Waals surface area contributed by atoms with Gasteiger partial charge in [0.1, 0.15) is 0 Å². The summed E-state index contributed by atoms with van der Waals surface area (Å²) in [6, 6.07) is 12.6. The van der Waals surface area contributed by atoms with Crippen molar-refractivity contribution in [2.24, 2.45) is 7.05 Å². The van der Waals surface area contributed by atoms with Crippen LogP contribution < -0.4 is 10.2 Å². The highest BCUT2D eigenvalue weighted by Gasteiger charge is 2.23. The SMILES string of the molecule is Cc1cc(NC(=O)c2ccc(-c3nnn(C)n3)cc2)ccc1N1CCCC1=O. The quantitative estimate of drug-likeness (QED) is 0.755. The van der Waals surface area contributed by atoms with Gasteiger partial charge in [0.15, 0.2) is 0 Å². The molecule has 0 aliphatic carbocycles. The number of carbonyl (C=O) groups excluding carboxylic acids is 2. The molecule has 28 heavy (non-hydrogen) atoms. The maximum Gasteiger partial charge on any atom is 0.255 e. The van der Waals surface area contributed by atoms with E-state index in [0.29, 0.717) is 23.5 Å². The molecular weight excluding hydrogens is 356 g/mol. The molecule has 0 spiro atoms. The first-order chi connectivity index (χ1) is 13.5. The Balaban J connectivity index is 1.47. The summed E-state index contributed by atoms with van der Waals surface area (Å²) >= 11 is 0. The van der Waals surface area contributed by atoms with Gasteiger partial charge in [0.2, 0.25) is 11.7 Å². The van der Waals surface area contributed by atoms with Crippen LogP contribution in [0.5, 0.6) is 0 Å².